The van der Waals surface area contributed by atoms with Gasteiger partial charge in [-0.25, -0.2) is 8.78 Å². The summed E-state index contributed by atoms with van der Waals surface area (Å²) < 4.78 is 37.8. The third-order valence-corrected chi connectivity index (χ3v) is 4.05. The Morgan fingerprint density at radius 2 is 1.72 bits per heavy atom. The van der Waals surface area contributed by atoms with E-state index in [-0.39, 0.29) is 18.6 Å². The van der Waals surface area contributed by atoms with Crippen molar-refractivity contribution in [3.8, 4) is 11.5 Å². The number of hydrogen-bond acceptors (Lipinski definition) is 4. The summed E-state index contributed by atoms with van der Waals surface area (Å²) in [4.78, 5) is 24.3. The van der Waals surface area contributed by atoms with E-state index < -0.39 is 29.5 Å². The fourth-order valence-corrected chi connectivity index (χ4v) is 2.63. The van der Waals surface area contributed by atoms with Crippen molar-refractivity contribution in [1.29, 1.82) is 0 Å². The van der Waals surface area contributed by atoms with Crippen LogP contribution >= 0.6 is 0 Å². The lowest BCUT2D eigenvalue weighted by atomic mass is 10.1. The van der Waals surface area contributed by atoms with Gasteiger partial charge in [-0.1, -0.05) is 18.2 Å². The van der Waals surface area contributed by atoms with Crippen molar-refractivity contribution >= 4 is 11.8 Å². The van der Waals surface area contributed by atoms with E-state index in [1.165, 1.54) is 13.1 Å². The van der Waals surface area contributed by atoms with Gasteiger partial charge >= 0.3 is 0 Å². The first-order valence-corrected chi connectivity index (χ1v) is 9.26. The van der Waals surface area contributed by atoms with Gasteiger partial charge in [-0.2, -0.15) is 0 Å². The zero-order valence-electron chi connectivity index (χ0n) is 16.3. The highest BCUT2D eigenvalue weighted by molar-refractivity contribution is 5.88. The number of halogens is 2. The summed E-state index contributed by atoms with van der Waals surface area (Å²) in [6, 6.07) is 9.16. The largest absolute Gasteiger partial charge is 0.490 e. The smallest absolute Gasteiger partial charge is 0.246 e. The van der Waals surface area contributed by atoms with Crippen molar-refractivity contribution < 1.29 is 27.8 Å². The van der Waals surface area contributed by atoms with Gasteiger partial charge in [-0.3, -0.25) is 9.59 Å². The van der Waals surface area contributed by atoms with E-state index in [0.717, 1.165) is 12.1 Å². The Labute approximate surface area is 168 Å². The molecule has 0 saturated heterocycles. The lowest BCUT2D eigenvalue weighted by Gasteiger charge is -2.18. The average molecular weight is 406 g/mol. The lowest BCUT2D eigenvalue weighted by Crippen LogP contribution is -2.39. The fraction of sp³-hybridized carbons (Fsp3) is 0.333. The number of amides is 2. The van der Waals surface area contributed by atoms with Crippen LogP contribution in [0.25, 0.3) is 0 Å². The molecule has 0 heterocycles. The number of hydrogen-bond donors (Lipinski definition) is 2. The molecule has 1 atom stereocenters. The van der Waals surface area contributed by atoms with E-state index >= 15 is 0 Å². The van der Waals surface area contributed by atoms with Crippen LogP contribution in [0.15, 0.2) is 42.5 Å². The third-order valence-electron chi connectivity index (χ3n) is 4.05. The number of para-hydroxylation sites is 2. The first kappa shape index (κ1) is 22.1. The Morgan fingerprint density at radius 1 is 1.03 bits per heavy atom. The first-order valence-electron chi connectivity index (χ1n) is 9.26. The van der Waals surface area contributed by atoms with Gasteiger partial charge in [0.25, 0.3) is 0 Å². The van der Waals surface area contributed by atoms with Crippen molar-refractivity contribution in [3.05, 3.63) is 59.7 Å². The zero-order valence-corrected chi connectivity index (χ0v) is 16.3. The molecule has 0 radical (unpaired) electrons. The van der Waals surface area contributed by atoms with E-state index in [1.807, 2.05) is 19.1 Å². The molecule has 0 aliphatic rings. The van der Waals surface area contributed by atoms with Gasteiger partial charge in [-0.05, 0) is 43.2 Å². The normalized spacial score (nSPS) is 11.4. The predicted octanol–water partition coefficient (Wildman–Crippen LogP) is 3.13. The second kappa shape index (κ2) is 11.0. The van der Waals surface area contributed by atoms with Crippen molar-refractivity contribution in [2.75, 3.05) is 20.3 Å². The highest BCUT2D eigenvalue weighted by Gasteiger charge is 2.22. The molecular weight excluding hydrogens is 382 g/mol. The summed E-state index contributed by atoms with van der Waals surface area (Å²) in [5.41, 5.74) is 0.151. The molecule has 29 heavy (non-hydrogen) atoms. The summed E-state index contributed by atoms with van der Waals surface area (Å²) in [7, 11) is 1.39. The Kier molecular flexibility index (Phi) is 8.39. The minimum Gasteiger partial charge on any atom is -0.490 e. The molecule has 8 heteroatoms. The van der Waals surface area contributed by atoms with Crippen LogP contribution in [0.2, 0.25) is 0 Å². The van der Waals surface area contributed by atoms with E-state index in [2.05, 4.69) is 10.6 Å². The Hall–Kier alpha value is -3.16. The zero-order chi connectivity index (χ0) is 21.2. The molecule has 1 unspecified atom stereocenters. The van der Waals surface area contributed by atoms with Gasteiger partial charge in [0, 0.05) is 13.5 Å². The maximum atomic E-state index is 13.5. The van der Waals surface area contributed by atoms with E-state index in [4.69, 9.17) is 9.47 Å². The SMILES string of the molecule is CCOc1ccccc1OCCCC(=O)NC(C(=O)NC)c1ccc(F)c(F)c1. The third kappa shape index (κ3) is 6.44. The summed E-state index contributed by atoms with van der Waals surface area (Å²) in [5, 5.41) is 4.94. The number of carbonyl (C=O) groups excluding carboxylic acids is 2. The van der Waals surface area contributed by atoms with Crippen molar-refractivity contribution in [1.82, 2.24) is 10.6 Å². The molecular formula is C21H24F2N2O4. The molecule has 0 aromatic heterocycles. The minimum absolute atomic E-state index is 0.0912. The standard InChI is InChI=1S/C21H24F2N2O4/c1-3-28-17-7-4-5-8-18(17)29-12-6-9-19(26)25-20(21(27)24-2)14-10-11-15(22)16(23)13-14/h4-5,7-8,10-11,13,20H,3,6,9,12H2,1-2H3,(H,24,27)(H,25,26). The summed E-state index contributed by atoms with van der Waals surface area (Å²) >= 11 is 0. The average Bonchev–Trinajstić information content (AvgIpc) is 2.72. The van der Waals surface area contributed by atoms with Crippen LogP contribution in [0.1, 0.15) is 31.4 Å². The van der Waals surface area contributed by atoms with Gasteiger partial charge in [0.1, 0.15) is 6.04 Å². The summed E-state index contributed by atoms with van der Waals surface area (Å²) in [6.45, 7) is 2.65. The second-order valence-corrected chi connectivity index (χ2v) is 6.12. The molecule has 2 rings (SSSR count). The minimum atomic E-state index is -1.12. The second-order valence-electron chi connectivity index (χ2n) is 6.12. The monoisotopic (exact) mass is 406 g/mol. The molecule has 156 valence electrons. The molecule has 2 aromatic carbocycles. The molecule has 0 aliphatic carbocycles. The molecule has 0 spiro atoms. The maximum Gasteiger partial charge on any atom is 0.246 e. The van der Waals surface area contributed by atoms with Crippen LogP contribution in [0, 0.1) is 11.6 Å². The van der Waals surface area contributed by atoms with E-state index in [0.29, 0.717) is 24.5 Å². The van der Waals surface area contributed by atoms with Crippen LogP contribution in [0.4, 0.5) is 8.78 Å². The fourth-order valence-electron chi connectivity index (χ4n) is 2.63. The predicted molar refractivity (Wildman–Crippen MR) is 104 cm³/mol. The number of nitrogens with one attached hydrogen (secondary N) is 2. The summed E-state index contributed by atoms with van der Waals surface area (Å²) in [5.74, 6) is -1.86. The topological polar surface area (TPSA) is 76.7 Å². The molecule has 2 aromatic rings. The Balaban J connectivity index is 1.90. The van der Waals surface area contributed by atoms with Gasteiger partial charge in [0.15, 0.2) is 23.1 Å². The van der Waals surface area contributed by atoms with E-state index in [1.54, 1.807) is 12.1 Å². The number of benzene rings is 2. The quantitative estimate of drug-likeness (QED) is 0.595. The molecule has 0 bridgehead atoms. The number of rotatable bonds is 10. The van der Waals surface area contributed by atoms with Gasteiger partial charge < -0.3 is 20.1 Å². The van der Waals surface area contributed by atoms with Gasteiger partial charge in [-0.15, -0.1) is 0 Å². The van der Waals surface area contributed by atoms with Crippen LogP contribution < -0.4 is 20.1 Å². The first-order chi connectivity index (χ1) is 14.0. The molecule has 0 saturated carbocycles. The molecule has 2 amide bonds. The Morgan fingerprint density at radius 3 is 2.34 bits per heavy atom. The molecule has 6 nitrogen and oxygen atoms in total. The highest BCUT2D eigenvalue weighted by atomic mass is 19.2. The number of carbonyl (C=O) groups is 2. The van der Waals surface area contributed by atoms with Crippen molar-refractivity contribution in [2.45, 2.75) is 25.8 Å². The van der Waals surface area contributed by atoms with Gasteiger partial charge in [0.2, 0.25) is 11.8 Å². The molecule has 0 aliphatic heterocycles. The van der Waals surface area contributed by atoms with E-state index in [9.17, 15) is 18.4 Å². The highest BCUT2D eigenvalue weighted by Crippen LogP contribution is 2.26. The van der Waals surface area contributed by atoms with Crippen molar-refractivity contribution in [3.63, 3.8) is 0 Å². The number of ether oxygens (including phenoxy) is 2. The van der Waals surface area contributed by atoms with Crippen LogP contribution in [-0.4, -0.2) is 32.1 Å². The maximum absolute atomic E-state index is 13.5. The van der Waals surface area contributed by atoms with Crippen molar-refractivity contribution in [2.24, 2.45) is 0 Å². The number of likely N-dealkylation sites (N-methyl/N-ethyl adjacent to an activating group) is 1. The summed E-state index contributed by atoms with van der Waals surface area (Å²) in [6.07, 6.45) is 0.485. The molecule has 2 N–H and O–H groups in total. The Bertz CT molecular complexity index is 845. The lowest BCUT2D eigenvalue weighted by molar-refractivity contribution is -0.129. The van der Waals surface area contributed by atoms with Gasteiger partial charge in [0.05, 0.1) is 13.2 Å². The molecule has 0 fully saturated rings. The van der Waals surface area contributed by atoms with Crippen LogP contribution in [0.5, 0.6) is 11.5 Å². The van der Waals surface area contributed by atoms with Crippen LogP contribution in [-0.2, 0) is 9.59 Å². The van der Waals surface area contributed by atoms with Crippen LogP contribution in [0.3, 0.4) is 0 Å².